The maximum absolute atomic E-state index is 15.2. The lowest BCUT2D eigenvalue weighted by Crippen LogP contribution is -2.61. The molecular weight excluding hydrogens is 1050 g/mol. The van der Waals surface area contributed by atoms with Crippen LogP contribution in [-0.2, 0) is 59.1 Å². The van der Waals surface area contributed by atoms with E-state index in [0.29, 0.717) is 17.7 Å². The highest BCUT2D eigenvalue weighted by atomic mass is 16.6. The largest absolute Gasteiger partial charge is 0.497 e. The second-order valence-electron chi connectivity index (χ2n) is 24.2. The molecule has 3 N–H and O–H groups in total. The maximum Gasteiger partial charge on any atom is 0.324 e. The number of nitrogens with one attached hydrogen (secondary N) is 3. The minimum atomic E-state index is -1.27. The predicted molar refractivity (Wildman–Crippen MR) is 315 cm³/mol. The Morgan fingerprint density at radius 3 is 1.77 bits per heavy atom. The second kappa shape index (κ2) is 32.5. The predicted octanol–water partition coefficient (Wildman–Crippen LogP) is 3.43. The molecule has 22 heteroatoms. The number of hydrogen-bond donors (Lipinski definition) is 3. The molecular formula is C60H102N10O12. The SMILES string of the molecule is CC[C@H](C)[C@H]1C(=O)N[C@@H](C)C(=O)N(C)[C@@H](CC(C)C)C(=O)N[C@@H](Cc2ccc(OC)cc2)C(=O)NCCC[C@@H](N(C)C(=O)[C@H](CC(C)C)N(C)C(=O)[C@H](C)N(C)C(=O)[C@H](OC(=O)[C@H](C(C)C)N(C)C)C(C)C)C(=O)N(C)[C@@H](C)C(=O)N1C. The Morgan fingerprint density at radius 2 is 1.27 bits per heavy atom. The van der Waals surface area contributed by atoms with Gasteiger partial charge in [0.1, 0.15) is 60.1 Å². The van der Waals surface area contributed by atoms with Gasteiger partial charge in [-0.2, -0.15) is 0 Å². The highest BCUT2D eigenvalue weighted by Crippen LogP contribution is 2.24. The van der Waals surface area contributed by atoms with Gasteiger partial charge in [-0.25, -0.2) is 0 Å². The van der Waals surface area contributed by atoms with Gasteiger partial charge in [0.05, 0.1) is 7.11 Å². The van der Waals surface area contributed by atoms with Crippen LogP contribution in [0, 0.1) is 29.6 Å². The van der Waals surface area contributed by atoms with E-state index in [2.05, 4.69) is 16.0 Å². The van der Waals surface area contributed by atoms with Gasteiger partial charge in [0.15, 0.2) is 6.10 Å². The molecule has 22 nitrogen and oxygen atoms in total. The van der Waals surface area contributed by atoms with E-state index in [-0.39, 0.29) is 56.4 Å². The molecule has 0 bridgehead atoms. The number of benzene rings is 1. The Morgan fingerprint density at radius 1 is 0.683 bits per heavy atom. The van der Waals surface area contributed by atoms with E-state index in [4.69, 9.17) is 9.47 Å². The van der Waals surface area contributed by atoms with Gasteiger partial charge in [0.25, 0.3) is 5.91 Å². The first-order valence-corrected chi connectivity index (χ1v) is 29.1. The summed E-state index contributed by atoms with van der Waals surface area (Å²) in [5.41, 5.74) is 0.694. The smallest absolute Gasteiger partial charge is 0.324 e. The lowest BCUT2D eigenvalue weighted by Gasteiger charge is -2.40. The summed E-state index contributed by atoms with van der Waals surface area (Å²) in [4.78, 5) is 154. The molecule has 1 heterocycles. The van der Waals surface area contributed by atoms with Crippen LogP contribution >= 0.6 is 0 Å². The van der Waals surface area contributed by atoms with E-state index in [0.717, 1.165) is 0 Å². The third-order valence-electron chi connectivity index (χ3n) is 15.9. The molecule has 1 fully saturated rings. The highest BCUT2D eigenvalue weighted by molar-refractivity contribution is 5.98. The van der Waals surface area contributed by atoms with Crippen molar-refractivity contribution in [3.05, 3.63) is 29.8 Å². The van der Waals surface area contributed by atoms with E-state index < -0.39 is 131 Å². The summed E-state index contributed by atoms with van der Waals surface area (Å²) in [5.74, 6) is -6.63. The van der Waals surface area contributed by atoms with E-state index in [1.807, 2.05) is 48.5 Å². The van der Waals surface area contributed by atoms with Crippen molar-refractivity contribution in [3.8, 4) is 5.75 Å². The van der Waals surface area contributed by atoms with Crippen LogP contribution in [0.15, 0.2) is 24.3 Å². The molecule has 82 heavy (non-hydrogen) atoms. The number of carbonyl (C=O) groups excluding carboxylic acids is 10. The van der Waals surface area contributed by atoms with Gasteiger partial charge in [0.2, 0.25) is 47.3 Å². The Labute approximate surface area is 489 Å². The average molecular weight is 1160 g/mol. The van der Waals surface area contributed by atoms with Crippen molar-refractivity contribution in [2.75, 3.05) is 70.0 Å². The molecule has 0 radical (unpaired) electrons. The third kappa shape index (κ3) is 19.1. The van der Waals surface area contributed by atoms with Crippen molar-refractivity contribution in [2.24, 2.45) is 29.6 Å². The molecule has 0 unspecified atom stereocenters. The van der Waals surface area contributed by atoms with Gasteiger partial charge in [-0.1, -0.05) is 87.8 Å². The van der Waals surface area contributed by atoms with Gasteiger partial charge in [-0.3, -0.25) is 52.8 Å². The molecule has 0 aliphatic carbocycles. The van der Waals surface area contributed by atoms with Crippen molar-refractivity contribution in [3.63, 3.8) is 0 Å². The van der Waals surface area contributed by atoms with Crippen molar-refractivity contribution >= 4 is 59.1 Å². The van der Waals surface area contributed by atoms with Crippen LogP contribution in [0.3, 0.4) is 0 Å². The first-order valence-electron chi connectivity index (χ1n) is 29.1. The van der Waals surface area contributed by atoms with E-state index in [1.54, 1.807) is 64.0 Å². The molecule has 1 aromatic carbocycles. The summed E-state index contributed by atoms with van der Waals surface area (Å²) < 4.78 is 11.2. The van der Waals surface area contributed by atoms with Crippen LogP contribution in [0.5, 0.6) is 5.75 Å². The van der Waals surface area contributed by atoms with Crippen LogP contribution in [0.25, 0.3) is 0 Å². The quantitative estimate of drug-likeness (QED) is 0.159. The maximum atomic E-state index is 15.2. The zero-order valence-electron chi connectivity index (χ0n) is 53.4. The molecule has 0 spiro atoms. The minimum Gasteiger partial charge on any atom is -0.497 e. The molecule has 0 aromatic heterocycles. The lowest BCUT2D eigenvalue weighted by molar-refractivity contribution is -0.169. The van der Waals surface area contributed by atoms with Crippen LogP contribution in [-0.4, -0.2) is 224 Å². The Hall–Kier alpha value is -6.32. The summed E-state index contributed by atoms with van der Waals surface area (Å²) in [7, 11) is 13.7. The van der Waals surface area contributed by atoms with Gasteiger partial charge in [-0.15, -0.1) is 0 Å². The Balaban J connectivity index is 2.77. The van der Waals surface area contributed by atoms with E-state index in [1.165, 1.54) is 99.6 Å². The topological polar surface area (TPSA) is 248 Å². The fourth-order valence-electron chi connectivity index (χ4n) is 10.4. The lowest BCUT2D eigenvalue weighted by atomic mass is 9.95. The molecule has 0 saturated carbocycles. The number of carbonyl (C=O) groups is 10. The number of hydrogen-bond acceptors (Lipinski definition) is 13. The van der Waals surface area contributed by atoms with Crippen molar-refractivity contribution in [2.45, 2.75) is 189 Å². The number of nitrogens with zero attached hydrogens (tertiary/aromatic N) is 7. The van der Waals surface area contributed by atoms with E-state index >= 15 is 9.59 Å². The van der Waals surface area contributed by atoms with Gasteiger partial charge in [-0.05, 0) is 108 Å². The monoisotopic (exact) mass is 1150 g/mol. The highest BCUT2D eigenvalue weighted by Gasteiger charge is 2.43. The first-order chi connectivity index (χ1) is 38.1. The molecule has 9 amide bonds. The molecule has 464 valence electrons. The van der Waals surface area contributed by atoms with E-state index in [9.17, 15) is 38.4 Å². The Bertz CT molecular complexity index is 2340. The molecule has 2 rings (SSSR count). The number of esters is 1. The van der Waals surface area contributed by atoms with Crippen LogP contribution < -0.4 is 20.7 Å². The first kappa shape index (κ1) is 71.8. The van der Waals surface area contributed by atoms with Crippen molar-refractivity contribution in [1.82, 2.24) is 50.2 Å². The van der Waals surface area contributed by atoms with Gasteiger partial charge in [0, 0.05) is 55.3 Å². The van der Waals surface area contributed by atoms with Crippen LogP contribution in [0.1, 0.15) is 128 Å². The average Bonchev–Trinajstić information content (AvgIpc) is 3.60. The number of amides is 9. The minimum absolute atomic E-state index is 0.0259. The summed E-state index contributed by atoms with van der Waals surface area (Å²) in [5, 5.41) is 8.61. The number of ether oxygens (including phenoxy) is 2. The van der Waals surface area contributed by atoms with Crippen molar-refractivity contribution in [1.29, 1.82) is 0 Å². The zero-order valence-corrected chi connectivity index (χ0v) is 53.4. The number of likely N-dealkylation sites (N-methyl/N-ethyl adjacent to an activating group) is 7. The summed E-state index contributed by atoms with van der Waals surface area (Å²) in [6.07, 6.45) is -0.274. The van der Waals surface area contributed by atoms with Crippen LogP contribution in [0.4, 0.5) is 0 Å². The zero-order chi connectivity index (χ0) is 62.9. The Kier molecular flexibility index (Phi) is 28.5. The molecule has 1 saturated heterocycles. The fraction of sp³-hybridized carbons (Fsp3) is 0.733. The molecule has 11 atom stereocenters. The normalized spacial score (nSPS) is 22.5. The summed E-state index contributed by atoms with van der Waals surface area (Å²) >= 11 is 0. The molecule has 1 aromatic rings. The fourth-order valence-corrected chi connectivity index (χ4v) is 10.4. The van der Waals surface area contributed by atoms with Crippen molar-refractivity contribution < 1.29 is 57.4 Å². The number of methoxy groups -OCH3 is 1. The van der Waals surface area contributed by atoms with Gasteiger partial charge < -0.3 is 54.8 Å². The number of rotatable bonds is 20. The summed E-state index contributed by atoms with van der Waals surface area (Å²) in [6.45, 7) is 23.0. The third-order valence-corrected chi connectivity index (χ3v) is 15.9. The standard InChI is InChI=1S/C60H102N10O12/c1-23-38(10)49-53(73)62-39(11)54(74)68(19)46(31-34(2)3)52(72)63-44(33-42-26-28-43(81-22)29-27-42)51(71)61-30-24-25-45(57(77)65(16)41(13)56(76)70(49)21)67(18)58(78)47(32-35(4)5)69(20)55(75)40(12)66(17)59(79)50(37(8)9)82-60(80)48(36(6)7)64(14)15/h26-29,34-41,44-50H,23-25,30-33H2,1-22H3,(H,61,71)(H,62,73)(H,63,72)/t38-,39-,40-,41-,44-,45+,46-,47-,48-,49-,50+/m0/s1. The summed E-state index contributed by atoms with van der Waals surface area (Å²) in [6, 6.07) is -2.85. The van der Waals surface area contributed by atoms with Gasteiger partial charge >= 0.3 is 5.97 Å². The molecule has 1 aliphatic rings. The molecule has 1 aliphatic heterocycles. The second-order valence-corrected chi connectivity index (χ2v) is 24.2. The van der Waals surface area contributed by atoms with Crippen LogP contribution in [0.2, 0.25) is 0 Å².